The van der Waals surface area contributed by atoms with Gasteiger partial charge in [0.15, 0.2) is 0 Å². The predicted octanol–water partition coefficient (Wildman–Crippen LogP) is -1.20. The summed E-state index contributed by atoms with van der Waals surface area (Å²) in [6.07, 6.45) is -7.64. The number of benzene rings is 1. The number of anilines is 1. The summed E-state index contributed by atoms with van der Waals surface area (Å²) in [5, 5.41) is 35.2. The van der Waals surface area contributed by atoms with Gasteiger partial charge in [-0.3, -0.25) is 4.55 Å². The molecule has 1 aromatic rings. The molecule has 0 unspecified atom stereocenters. The lowest BCUT2D eigenvalue weighted by Gasteiger charge is -2.40. The van der Waals surface area contributed by atoms with Crippen LogP contribution in [0.25, 0.3) is 0 Å². The van der Waals surface area contributed by atoms with Gasteiger partial charge in [0.2, 0.25) is 6.29 Å². The first-order valence-electron chi connectivity index (χ1n) is 8.72. The highest BCUT2D eigenvalue weighted by atomic mass is 32.2. The molecule has 1 aliphatic heterocycles. The van der Waals surface area contributed by atoms with Crippen molar-refractivity contribution in [3.8, 4) is 5.75 Å². The highest BCUT2D eigenvalue weighted by Gasteiger charge is 2.45. The van der Waals surface area contributed by atoms with Gasteiger partial charge >= 0.3 is 16.3 Å². The lowest BCUT2D eigenvalue weighted by atomic mass is 9.99. The van der Waals surface area contributed by atoms with Crippen molar-refractivity contribution in [1.82, 2.24) is 10.0 Å². The Morgan fingerprint density at radius 3 is 2.31 bits per heavy atom. The van der Waals surface area contributed by atoms with Gasteiger partial charge in [0.05, 0.1) is 0 Å². The number of hydrogen-bond acceptors (Lipinski definition) is 8. The van der Waals surface area contributed by atoms with Crippen molar-refractivity contribution in [3.63, 3.8) is 0 Å². The Balaban J connectivity index is 2.00. The molecule has 0 aliphatic carbocycles. The molecule has 0 bridgehead atoms. The van der Waals surface area contributed by atoms with Crippen LogP contribution < -0.4 is 20.1 Å². The van der Waals surface area contributed by atoms with Crippen molar-refractivity contribution < 1.29 is 42.6 Å². The average Bonchev–Trinajstić information content (AvgIpc) is 2.61. The molecule has 29 heavy (non-hydrogen) atoms. The fraction of sp³-hybridized carbons (Fsp3) is 0.562. The molecular formula is C16H25N3O9S. The topological polar surface area (TPSA) is 187 Å². The SMILES string of the molecule is CC(C)NC(=O)Nc1ccc(O[C@H]2O[C@H](CNS(=O)(=O)O)[C@@H](O)[C@H](O)[C@@H]2O)cc1. The first-order chi connectivity index (χ1) is 13.5. The summed E-state index contributed by atoms with van der Waals surface area (Å²) < 4.78 is 42.8. The highest BCUT2D eigenvalue weighted by molar-refractivity contribution is 7.83. The van der Waals surface area contributed by atoms with E-state index in [9.17, 15) is 28.5 Å². The number of carbonyl (C=O) groups is 1. The second-order valence-corrected chi connectivity index (χ2v) is 7.97. The van der Waals surface area contributed by atoms with Crippen molar-refractivity contribution in [3.05, 3.63) is 24.3 Å². The maximum absolute atomic E-state index is 11.7. The van der Waals surface area contributed by atoms with Crippen LogP contribution in [0.2, 0.25) is 0 Å². The number of ether oxygens (including phenoxy) is 2. The average molecular weight is 435 g/mol. The van der Waals surface area contributed by atoms with E-state index in [4.69, 9.17) is 14.0 Å². The Labute approximate surface area is 167 Å². The standard InChI is InChI=1S/C16H25N3O9S/c1-8(2)18-16(23)19-9-3-5-10(6-4-9)27-15-14(22)13(21)12(20)11(28-15)7-17-29(24,25)26/h3-6,8,11-15,17,20-22H,7H2,1-2H3,(H2,18,19,23)(H,24,25,26)/t11-,12-,13+,14+,15+/m1/s1. The van der Waals surface area contributed by atoms with E-state index in [1.54, 1.807) is 4.72 Å². The monoisotopic (exact) mass is 435 g/mol. The molecule has 2 rings (SSSR count). The molecule has 1 fully saturated rings. The van der Waals surface area contributed by atoms with E-state index in [0.29, 0.717) is 5.69 Å². The maximum Gasteiger partial charge on any atom is 0.333 e. The first kappa shape index (κ1) is 23.3. The Morgan fingerprint density at radius 1 is 1.14 bits per heavy atom. The summed E-state index contributed by atoms with van der Waals surface area (Å²) >= 11 is 0. The highest BCUT2D eigenvalue weighted by Crippen LogP contribution is 2.25. The molecule has 0 radical (unpaired) electrons. The van der Waals surface area contributed by atoms with Gasteiger partial charge < -0.3 is 35.4 Å². The normalized spacial score (nSPS) is 27.5. The van der Waals surface area contributed by atoms with Gasteiger partial charge in [0.1, 0.15) is 30.2 Å². The van der Waals surface area contributed by atoms with Crippen molar-refractivity contribution in [2.75, 3.05) is 11.9 Å². The molecule has 1 heterocycles. The van der Waals surface area contributed by atoms with Crippen LogP contribution in [0.15, 0.2) is 24.3 Å². The smallest absolute Gasteiger partial charge is 0.333 e. The Kier molecular flexibility index (Phi) is 7.76. The molecule has 5 atom stereocenters. The summed E-state index contributed by atoms with van der Waals surface area (Å²) in [6.45, 7) is 3.07. The Bertz CT molecular complexity index is 787. The van der Waals surface area contributed by atoms with Gasteiger partial charge in [-0.2, -0.15) is 13.1 Å². The van der Waals surface area contributed by atoms with Crippen LogP contribution in [-0.2, 0) is 15.0 Å². The number of hydrogen-bond donors (Lipinski definition) is 7. The van der Waals surface area contributed by atoms with Gasteiger partial charge in [0, 0.05) is 18.3 Å². The van der Waals surface area contributed by atoms with E-state index in [-0.39, 0.29) is 17.8 Å². The summed E-state index contributed by atoms with van der Waals surface area (Å²) in [6, 6.07) is 5.60. The Morgan fingerprint density at radius 2 is 1.76 bits per heavy atom. The van der Waals surface area contributed by atoms with Crippen LogP contribution in [0.1, 0.15) is 13.8 Å². The second-order valence-electron chi connectivity index (χ2n) is 6.73. The number of rotatable bonds is 7. The second kappa shape index (κ2) is 9.67. The molecule has 12 nitrogen and oxygen atoms in total. The minimum absolute atomic E-state index is 0.0346. The van der Waals surface area contributed by atoms with E-state index < -0.39 is 47.6 Å². The predicted molar refractivity (Wildman–Crippen MR) is 101 cm³/mol. The molecule has 7 N–H and O–H groups in total. The fourth-order valence-electron chi connectivity index (χ4n) is 2.55. The summed E-state index contributed by atoms with van der Waals surface area (Å²) in [5.74, 6) is 0.217. The molecule has 1 saturated heterocycles. The van der Waals surface area contributed by atoms with Crippen LogP contribution in [-0.4, -0.2) is 77.6 Å². The van der Waals surface area contributed by atoms with Crippen molar-refractivity contribution in [2.45, 2.75) is 50.6 Å². The van der Waals surface area contributed by atoms with Crippen molar-refractivity contribution >= 4 is 22.0 Å². The zero-order valence-electron chi connectivity index (χ0n) is 15.7. The third-order valence-electron chi connectivity index (χ3n) is 3.92. The van der Waals surface area contributed by atoms with E-state index in [1.807, 2.05) is 13.8 Å². The van der Waals surface area contributed by atoms with E-state index in [2.05, 4.69) is 10.6 Å². The van der Waals surface area contributed by atoms with Crippen molar-refractivity contribution in [1.29, 1.82) is 0 Å². The van der Waals surface area contributed by atoms with Crippen LogP contribution >= 0.6 is 0 Å². The number of aliphatic hydroxyl groups excluding tert-OH is 3. The number of aliphatic hydroxyl groups is 3. The summed E-state index contributed by atoms with van der Waals surface area (Å²) in [5.41, 5.74) is 0.478. The van der Waals surface area contributed by atoms with E-state index in [0.717, 1.165) is 0 Å². The van der Waals surface area contributed by atoms with Gasteiger partial charge in [-0.15, -0.1) is 0 Å². The van der Waals surface area contributed by atoms with Gasteiger partial charge in [-0.05, 0) is 38.1 Å². The molecule has 1 aromatic carbocycles. The van der Waals surface area contributed by atoms with Crippen LogP contribution in [0.5, 0.6) is 5.75 Å². The Hall–Kier alpha value is -2.00. The zero-order valence-corrected chi connectivity index (χ0v) is 16.5. The van der Waals surface area contributed by atoms with Gasteiger partial charge in [-0.1, -0.05) is 0 Å². The summed E-state index contributed by atoms with van der Waals surface area (Å²) in [4.78, 5) is 11.7. The van der Waals surface area contributed by atoms with Crippen LogP contribution in [0.4, 0.5) is 10.5 Å². The molecular weight excluding hydrogens is 410 g/mol. The molecule has 13 heteroatoms. The molecule has 0 saturated carbocycles. The van der Waals surface area contributed by atoms with Crippen LogP contribution in [0.3, 0.4) is 0 Å². The lowest BCUT2D eigenvalue weighted by Crippen LogP contribution is -2.61. The lowest BCUT2D eigenvalue weighted by molar-refractivity contribution is -0.270. The van der Waals surface area contributed by atoms with E-state index >= 15 is 0 Å². The maximum atomic E-state index is 11.7. The number of nitrogens with one attached hydrogen (secondary N) is 3. The number of amides is 2. The molecule has 2 amide bonds. The van der Waals surface area contributed by atoms with Gasteiger partial charge in [-0.25, -0.2) is 4.79 Å². The molecule has 0 aromatic heterocycles. The number of urea groups is 1. The minimum Gasteiger partial charge on any atom is -0.462 e. The quantitative estimate of drug-likeness (QED) is 0.258. The van der Waals surface area contributed by atoms with Gasteiger partial charge in [0.25, 0.3) is 0 Å². The summed E-state index contributed by atoms with van der Waals surface area (Å²) in [7, 11) is -4.54. The molecule has 1 aliphatic rings. The number of carbonyl (C=O) groups excluding carboxylic acids is 1. The first-order valence-corrected chi connectivity index (χ1v) is 10.2. The largest absolute Gasteiger partial charge is 0.462 e. The van der Waals surface area contributed by atoms with Crippen molar-refractivity contribution in [2.24, 2.45) is 0 Å². The zero-order chi connectivity index (χ0) is 21.8. The third-order valence-corrected chi connectivity index (χ3v) is 4.45. The van der Waals surface area contributed by atoms with Crippen LogP contribution in [0, 0.1) is 0 Å². The van der Waals surface area contributed by atoms with E-state index in [1.165, 1.54) is 24.3 Å². The fourth-order valence-corrected chi connectivity index (χ4v) is 2.93. The molecule has 0 spiro atoms. The third kappa shape index (κ3) is 7.08. The molecule has 164 valence electrons. The minimum atomic E-state index is -4.54.